The third-order valence-electron chi connectivity index (χ3n) is 8.61. The Hall–Kier alpha value is -1.06. The summed E-state index contributed by atoms with van der Waals surface area (Å²) in [6.45, 7) is 8.73. The third kappa shape index (κ3) is 47.9. The summed E-state index contributed by atoms with van der Waals surface area (Å²) in [5, 5.41) is 0. The van der Waals surface area contributed by atoms with Crippen molar-refractivity contribution in [3.63, 3.8) is 0 Å². The van der Waals surface area contributed by atoms with E-state index in [2.05, 4.69) is 13.8 Å². The number of hydrogen-bond donors (Lipinski definition) is 0. The highest BCUT2D eigenvalue weighted by Gasteiger charge is 1.97. The van der Waals surface area contributed by atoms with Gasteiger partial charge in [-0.15, -0.1) is 0 Å². The average Bonchev–Trinajstić information content (AvgIpc) is 3.00. The zero-order valence-electron chi connectivity index (χ0n) is 30.7. The Bertz CT molecular complexity index is 499. The van der Waals surface area contributed by atoms with Crippen LogP contribution in [0.1, 0.15) is 233 Å². The van der Waals surface area contributed by atoms with E-state index >= 15 is 0 Å². The highest BCUT2D eigenvalue weighted by molar-refractivity contribution is 5.66. The van der Waals surface area contributed by atoms with Crippen LogP contribution in [0.3, 0.4) is 0 Å². The van der Waals surface area contributed by atoms with Crippen LogP contribution >= 0.6 is 0 Å². The van der Waals surface area contributed by atoms with E-state index in [0.717, 1.165) is 12.8 Å². The molecular formula is C40H80O4. The number of carbonyl (C=O) groups is 2. The Labute approximate surface area is 277 Å². The molecule has 0 aliphatic heterocycles. The Morgan fingerprint density at radius 1 is 0.295 bits per heavy atom. The molecule has 0 bridgehead atoms. The number of hydrogen-bond acceptors (Lipinski definition) is 4. The topological polar surface area (TPSA) is 52.6 Å². The lowest BCUT2D eigenvalue weighted by Gasteiger charge is -2.04. The Morgan fingerprint density at radius 3 is 0.614 bits per heavy atom. The van der Waals surface area contributed by atoms with Crippen LogP contribution in [-0.2, 0) is 19.1 Å². The molecule has 4 heteroatoms. The molecule has 264 valence electrons. The average molecular weight is 625 g/mol. The van der Waals surface area contributed by atoms with Crippen molar-refractivity contribution in [3.8, 4) is 0 Å². The van der Waals surface area contributed by atoms with Crippen LogP contribution in [0.25, 0.3) is 0 Å². The van der Waals surface area contributed by atoms with Crippen molar-refractivity contribution in [2.45, 2.75) is 233 Å². The maximum absolute atomic E-state index is 10.6. The van der Waals surface area contributed by atoms with Gasteiger partial charge in [0.15, 0.2) is 0 Å². The second kappa shape index (κ2) is 41.9. The van der Waals surface area contributed by atoms with Gasteiger partial charge in [0.05, 0.1) is 13.2 Å². The van der Waals surface area contributed by atoms with Crippen LogP contribution in [0.2, 0.25) is 0 Å². The number of ether oxygens (including phenoxy) is 2. The van der Waals surface area contributed by atoms with Crippen molar-refractivity contribution in [2.75, 3.05) is 13.2 Å². The molecule has 0 saturated carbocycles. The molecule has 0 rings (SSSR count). The van der Waals surface area contributed by atoms with Gasteiger partial charge in [0.2, 0.25) is 0 Å². The first-order valence-electron chi connectivity index (χ1n) is 19.8. The Balaban J connectivity index is 0. The molecule has 0 fully saturated rings. The van der Waals surface area contributed by atoms with Gasteiger partial charge in [-0.05, 0) is 12.8 Å². The number of unbranched alkanes of at least 4 members (excludes halogenated alkanes) is 30. The summed E-state index contributed by atoms with van der Waals surface area (Å²) in [7, 11) is 0. The van der Waals surface area contributed by atoms with E-state index in [0.29, 0.717) is 13.2 Å². The van der Waals surface area contributed by atoms with E-state index in [-0.39, 0.29) is 11.9 Å². The highest BCUT2D eigenvalue weighted by atomic mass is 16.5. The first kappa shape index (κ1) is 45.1. The minimum Gasteiger partial charge on any atom is -0.466 e. The van der Waals surface area contributed by atoms with Crippen LogP contribution in [-0.4, -0.2) is 25.2 Å². The monoisotopic (exact) mass is 625 g/mol. The summed E-state index contributed by atoms with van der Waals surface area (Å²) < 4.78 is 9.84. The summed E-state index contributed by atoms with van der Waals surface area (Å²) in [6, 6.07) is 0. The summed E-state index contributed by atoms with van der Waals surface area (Å²) in [4.78, 5) is 21.2. The van der Waals surface area contributed by atoms with Gasteiger partial charge in [-0.2, -0.15) is 0 Å². The van der Waals surface area contributed by atoms with Crippen molar-refractivity contribution in [1.29, 1.82) is 0 Å². The quantitative estimate of drug-likeness (QED) is 0.0528. The minimum absolute atomic E-state index is 0.152. The fraction of sp³-hybridized carbons (Fsp3) is 0.950. The lowest BCUT2D eigenvalue weighted by Crippen LogP contribution is -2.00. The first-order chi connectivity index (χ1) is 21.5. The molecule has 0 aromatic rings. The van der Waals surface area contributed by atoms with Crippen molar-refractivity contribution >= 4 is 11.9 Å². The molecule has 0 heterocycles. The molecule has 0 atom stereocenters. The van der Waals surface area contributed by atoms with Gasteiger partial charge in [0, 0.05) is 13.8 Å². The molecular weight excluding hydrogens is 544 g/mol. The number of esters is 2. The van der Waals surface area contributed by atoms with Crippen molar-refractivity contribution in [2.24, 2.45) is 0 Å². The Kier molecular flexibility index (Phi) is 43.0. The molecule has 0 saturated heterocycles. The number of rotatable bonds is 34. The van der Waals surface area contributed by atoms with Crippen molar-refractivity contribution in [1.82, 2.24) is 0 Å². The van der Waals surface area contributed by atoms with E-state index < -0.39 is 0 Å². The fourth-order valence-corrected chi connectivity index (χ4v) is 5.73. The summed E-state index contributed by atoms with van der Waals surface area (Å²) in [5.41, 5.74) is 0. The van der Waals surface area contributed by atoms with Crippen LogP contribution < -0.4 is 0 Å². The van der Waals surface area contributed by atoms with Crippen LogP contribution in [0.5, 0.6) is 0 Å². The fourth-order valence-electron chi connectivity index (χ4n) is 5.73. The van der Waals surface area contributed by atoms with Crippen LogP contribution in [0.15, 0.2) is 0 Å². The summed E-state index contributed by atoms with van der Waals surface area (Å²) in [5.74, 6) is -0.304. The molecule has 0 spiro atoms. The van der Waals surface area contributed by atoms with E-state index in [9.17, 15) is 9.59 Å². The minimum atomic E-state index is -0.152. The zero-order valence-corrected chi connectivity index (χ0v) is 30.7. The predicted octanol–water partition coefficient (Wildman–Crippen LogP) is 13.6. The molecule has 0 radical (unpaired) electrons. The maximum atomic E-state index is 10.6. The van der Waals surface area contributed by atoms with E-state index in [1.165, 1.54) is 206 Å². The zero-order chi connectivity index (χ0) is 32.6. The van der Waals surface area contributed by atoms with Gasteiger partial charge in [-0.25, -0.2) is 0 Å². The highest BCUT2D eigenvalue weighted by Crippen LogP contribution is 2.15. The van der Waals surface area contributed by atoms with Gasteiger partial charge >= 0.3 is 11.9 Å². The second-order valence-corrected chi connectivity index (χ2v) is 13.3. The standard InChI is InChI=1S/2C20H40O2/c2*1-3-4-5-6-7-8-9-10-11-12-13-14-15-16-17-18-19-22-20(2)21/h2*3-19H2,1-2H3. The van der Waals surface area contributed by atoms with Crippen molar-refractivity contribution in [3.05, 3.63) is 0 Å². The first-order valence-corrected chi connectivity index (χ1v) is 19.8. The van der Waals surface area contributed by atoms with E-state index in [1.54, 1.807) is 0 Å². The van der Waals surface area contributed by atoms with Gasteiger partial charge in [0.25, 0.3) is 0 Å². The lowest BCUT2D eigenvalue weighted by molar-refractivity contribution is -0.142. The smallest absolute Gasteiger partial charge is 0.302 e. The molecule has 0 N–H and O–H groups in total. The van der Waals surface area contributed by atoms with E-state index in [1.807, 2.05) is 0 Å². The molecule has 0 unspecified atom stereocenters. The molecule has 0 aliphatic rings. The van der Waals surface area contributed by atoms with Crippen LogP contribution in [0.4, 0.5) is 0 Å². The predicted molar refractivity (Wildman–Crippen MR) is 192 cm³/mol. The maximum Gasteiger partial charge on any atom is 0.302 e. The molecule has 0 aromatic carbocycles. The SMILES string of the molecule is CCCCCCCCCCCCCCCCCCOC(C)=O.CCCCCCCCCCCCCCCCCCOC(C)=O. The summed E-state index contributed by atoms with van der Waals surface area (Å²) >= 11 is 0. The largest absolute Gasteiger partial charge is 0.466 e. The summed E-state index contributed by atoms with van der Waals surface area (Å²) in [6.07, 6.45) is 43.9. The molecule has 0 aliphatic carbocycles. The normalized spacial score (nSPS) is 10.8. The van der Waals surface area contributed by atoms with Gasteiger partial charge < -0.3 is 9.47 Å². The van der Waals surface area contributed by atoms with Crippen LogP contribution in [0, 0.1) is 0 Å². The second-order valence-electron chi connectivity index (χ2n) is 13.3. The molecule has 4 nitrogen and oxygen atoms in total. The Morgan fingerprint density at radius 2 is 0.455 bits per heavy atom. The van der Waals surface area contributed by atoms with E-state index in [4.69, 9.17) is 9.47 Å². The van der Waals surface area contributed by atoms with Gasteiger partial charge in [-0.1, -0.05) is 206 Å². The van der Waals surface area contributed by atoms with Crippen molar-refractivity contribution < 1.29 is 19.1 Å². The molecule has 0 aromatic heterocycles. The molecule has 44 heavy (non-hydrogen) atoms. The third-order valence-corrected chi connectivity index (χ3v) is 8.61. The lowest BCUT2D eigenvalue weighted by atomic mass is 10.0. The molecule has 0 amide bonds. The van der Waals surface area contributed by atoms with Gasteiger partial charge in [-0.3, -0.25) is 9.59 Å². The van der Waals surface area contributed by atoms with Gasteiger partial charge in [0.1, 0.15) is 0 Å². The number of carbonyl (C=O) groups excluding carboxylic acids is 2.